The van der Waals surface area contributed by atoms with Crippen molar-refractivity contribution in [2.24, 2.45) is 0 Å². The Bertz CT molecular complexity index is 617. The van der Waals surface area contributed by atoms with Gasteiger partial charge in [-0.15, -0.1) is 10.2 Å². The number of nitrogens with zero attached hydrogens (tertiary/aromatic N) is 3. The molecule has 0 spiro atoms. The molecule has 17 heavy (non-hydrogen) atoms. The van der Waals surface area contributed by atoms with Gasteiger partial charge in [0, 0.05) is 18.8 Å². The van der Waals surface area contributed by atoms with Gasteiger partial charge in [0.15, 0.2) is 5.16 Å². The minimum absolute atomic E-state index is 0.0890. The zero-order chi connectivity index (χ0) is 12.4. The highest BCUT2D eigenvalue weighted by molar-refractivity contribution is 7.99. The van der Waals surface area contributed by atoms with Crippen molar-refractivity contribution in [3.8, 4) is 0 Å². The fraction of sp³-hybridized carbons (Fsp3) is 0.333. The summed E-state index contributed by atoms with van der Waals surface area (Å²) in [7, 11) is 1.58. The first-order chi connectivity index (χ1) is 8.11. The molecule has 0 unspecified atom stereocenters. The lowest BCUT2D eigenvalue weighted by molar-refractivity contribution is -0.118. The minimum Gasteiger partial charge on any atom is -0.358 e. The summed E-state index contributed by atoms with van der Waals surface area (Å²) in [6.45, 7) is 1.79. The van der Waals surface area contributed by atoms with Gasteiger partial charge < -0.3 is 5.32 Å². The van der Waals surface area contributed by atoms with Gasteiger partial charge in [-0.25, -0.2) is 0 Å². The molecule has 0 saturated heterocycles. The maximum atomic E-state index is 11.2. The minimum atomic E-state index is -0.217. The zero-order valence-electron chi connectivity index (χ0n) is 9.35. The number of hydrogen-bond acceptors (Lipinski definition) is 5. The Morgan fingerprint density at radius 1 is 1.59 bits per heavy atom. The van der Waals surface area contributed by atoms with Gasteiger partial charge in [-0.1, -0.05) is 11.8 Å². The van der Waals surface area contributed by atoms with Crippen LogP contribution in [0.1, 0.15) is 5.69 Å². The van der Waals surface area contributed by atoms with E-state index in [9.17, 15) is 9.59 Å². The lowest BCUT2D eigenvalue weighted by atomic mass is 10.4. The number of carbonyl (C=O) groups is 1. The standard InChI is InChI=1S/C9H11N5O2S/c1-5-3-6(15)11-8-12-13-9(14(5)8)17-4-7(16)10-2/h3H,4H2,1-2H3,(H,10,16)(H,11,12,15). The molecule has 0 fully saturated rings. The third-order valence-corrected chi connectivity index (χ3v) is 3.10. The molecule has 0 aromatic carbocycles. The number of amides is 1. The van der Waals surface area contributed by atoms with Crippen LogP contribution >= 0.6 is 11.8 Å². The topological polar surface area (TPSA) is 92.2 Å². The monoisotopic (exact) mass is 253 g/mol. The Morgan fingerprint density at radius 2 is 2.35 bits per heavy atom. The average molecular weight is 253 g/mol. The molecular formula is C9H11N5O2S. The van der Waals surface area contributed by atoms with Gasteiger partial charge in [0.1, 0.15) is 0 Å². The van der Waals surface area contributed by atoms with Gasteiger partial charge in [0.25, 0.3) is 5.56 Å². The van der Waals surface area contributed by atoms with Crippen molar-refractivity contribution in [3.05, 3.63) is 22.1 Å². The Balaban J connectivity index is 2.36. The summed E-state index contributed by atoms with van der Waals surface area (Å²) in [5.74, 6) is 0.554. The highest BCUT2D eigenvalue weighted by Crippen LogP contribution is 2.16. The van der Waals surface area contributed by atoms with Crippen LogP contribution in [-0.4, -0.2) is 38.3 Å². The normalized spacial score (nSPS) is 10.7. The van der Waals surface area contributed by atoms with E-state index in [2.05, 4.69) is 20.5 Å². The highest BCUT2D eigenvalue weighted by Gasteiger charge is 2.10. The van der Waals surface area contributed by atoms with Crippen molar-refractivity contribution in [1.82, 2.24) is 24.9 Å². The number of aromatic nitrogens is 4. The van der Waals surface area contributed by atoms with Crippen LogP contribution in [0.25, 0.3) is 5.78 Å². The predicted molar refractivity (Wildman–Crippen MR) is 63.1 cm³/mol. The first-order valence-electron chi connectivity index (χ1n) is 4.90. The maximum absolute atomic E-state index is 11.2. The molecule has 1 amide bonds. The molecule has 7 nitrogen and oxygen atoms in total. The number of aryl methyl sites for hydroxylation is 1. The fourth-order valence-electron chi connectivity index (χ4n) is 1.37. The predicted octanol–water partition coefficient (Wildman–Crippen LogP) is -0.436. The number of rotatable bonds is 3. The van der Waals surface area contributed by atoms with Crippen LogP contribution in [0.4, 0.5) is 0 Å². The Morgan fingerprint density at radius 3 is 3.06 bits per heavy atom. The van der Waals surface area contributed by atoms with Crippen LogP contribution in [0.5, 0.6) is 0 Å². The molecule has 2 aromatic rings. The van der Waals surface area contributed by atoms with Crippen LogP contribution < -0.4 is 10.9 Å². The molecule has 2 N–H and O–H groups in total. The second-order valence-corrected chi connectivity index (χ2v) is 4.32. The van der Waals surface area contributed by atoms with Crippen molar-refractivity contribution < 1.29 is 4.79 Å². The summed E-state index contributed by atoms with van der Waals surface area (Å²) in [6.07, 6.45) is 0. The molecule has 2 rings (SSSR count). The molecule has 90 valence electrons. The van der Waals surface area contributed by atoms with Crippen LogP contribution in [0, 0.1) is 6.92 Å². The zero-order valence-corrected chi connectivity index (χ0v) is 10.2. The van der Waals surface area contributed by atoms with Crippen molar-refractivity contribution in [1.29, 1.82) is 0 Å². The summed E-state index contributed by atoms with van der Waals surface area (Å²) >= 11 is 1.26. The van der Waals surface area contributed by atoms with Crippen LogP contribution in [0.15, 0.2) is 16.0 Å². The number of carbonyl (C=O) groups excluding carboxylic acids is 1. The first kappa shape index (κ1) is 11.6. The van der Waals surface area contributed by atoms with Crippen molar-refractivity contribution in [2.45, 2.75) is 12.1 Å². The van der Waals surface area contributed by atoms with Crippen LogP contribution in [-0.2, 0) is 4.79 Å². The second-order valence-electron chi connectivity index (χ2n) is 3.38. The number of H-pyrrole nitrogens is 1. The molecule has 0 atom stereocenters. The lowest BCUT2D eigenvalue weighted by Gasteiger charge is -2.01. The van der Waals surface area contributed by atoms with E-state index in [1.54, 1.807) is 18.4 Å². The van der Waals surface area contributed by atoms with Gasteiger partial charge in [-0.3, -0.25) is 19.0 Å². The van der Waals surface area contributed by atoms with E-state index in [1.807, 2.05) is 0 Å². The van der Waals surface area contributed by atoms with Gasteiger partial charge in [-0.05, 0) is 6.92 Å². The molecule has 0 saturated carbocycles. The Labute approximate surface area is 101 Å². The second kappa shape index (κ2) is 4.58. The summed E-state index contributed by atoms with van der Waals surface area (Å²) in [5, 5.41) is 10.9. The van der Waals surface area contributed by atoms with E-state index < -0.39 is 0 Å². The Hall–Kier alpha value is -1.83. The van der Waals surface area contributed by atoms with Crippen LogP contribution in [0.2, 0.25) is 0 Å². The number of fused-ring (bicyclic) bond motifs is 1. The van der Waals surface area contributed by atoms with Gasteiger partial charge >= 0.3 is 0 Å². The smallest absolute Gasteiger partial charge is 0.252 e. The molecule has 0 radical (unpaired) electrons. The lowest BCUT2D eigenvalue weighted by Crippen LogP contribution is -2.20. The van der Waals surface area contributed by atoms with E-state index in [-0.39, 0.29) is 17.2 Å². The van der Waals surface area contributed by atoms with Gasteiger partial charge in [0.05, 0.1) is 5.75 Å². The summed E-state index contributed by atoms with van der Waals surface area (Å²) in [5.41, 5.74) is 0.512. The maximum Gasteiger partial charge on any atom is 0.252 e. The number of thioether (sulfide) groups is 1. The highest BCUT2D eigenvalue weighted by atomic mass is 32.2. The third kappa shape index (κ3) is 2.31. The molecule has 2 heterocycles. The van der Waals surface area contributed by atoms with Gasteiger partial charge in [-0.2, -0.15) is 0 Å². The number of nitrogens with one attached hydrogen (secondary N) is 2. The van der Waals surface area contributed by atoms with E-state index in [1.165, 1.54) is 17.8 Å². The van der Waals surface area contributed by atoms with E-state index in [0.29, 0.717) is 10.9 Å². The SMILES string of the molecule is CNC(=O)CSc1nnc2[nH]c(=O)cc(C)n12. The van der Waals surface area contributed by atoms with E-state index in [0.717, 1.165) is 5.69 Å². The largest absolute Gasteiger partial charge is 0.358 e. The fourth-order valence-corrected chi connectivity index (χ4v) is 2.23. The summed E-state index contributed by atoms with van der Waals surface area (Å²) < 4.78 is 1.70. The number of aromatic amines is 1. The van der Waals surface area contributed by atoms with Crippen molar-refractivity contribution >= 4 is 23.4 Å². The molecule has 8 heteroatoms. The first-order valence-corrected chi connectivity index (χ1v) is 5.89. The van der Waals surface area contributed by atoms with E-state index >= 15 is 0 Å². The molecule has 2 aromatic heterocycles. The quantitative estimate of drug-likeness (QED) is 0.724. The Kier molecular flexibility index (Phi) is 3.14. The summed E-state index contributed by atoms with van der Waals surface area (Å²) in [6, 6.07) is 1.46. The molecule has 0 bridgehead atoms. The summed E-state index contributed by atoms with van der Waals surface area (Å²) in [4.78, 5) is 24.9. The van der Waals surface area contributed by atoms with Crippen molar-refractivity contribution in [3.63, 3.8) is 0 Å². The van der Waals surface area contributed by atoms with E-state index in [4.69, 9.17) is 0 Å². The average Bonchev–Trinajstić information content (AvgIpc) is 2.69. The number of hydrogen-bond donors (Lipinski definition) is 2. The van der Waals surface area contributed by atoms with Crippen LogP contribution in [0.3, 0.4) is 0 Å². The van der Waals surface area contributed by atoms with Crippen molar-refractivity contribution in [2.75, 3.05) is 12.8 Å². The third-order valence-electron chi connectivity index (χ3n) is 2.17. The molecule has 0 aliphatic heterocycles. The molecule has 0 aliphatic carbocycles. The molecular weight excluding hydrogens is 242 g/mol. The van der Waals surface area contributed by atoms with Gasteiger partial charge in [0.2, 0.25) is 11.7 Å². The molecule has 0 aliphatic rings.